The van der Waals surface area contributed by atoms with E-state index < -0.39 is 0 Å². The van der Waals surface area contributed by atoms with Crippen LogP contribution in [0.5, 0.6) is 0 Å². The SMILES string of the molecule is CC(C)[NH+]=C/C=C/c1ccccc1.[Cl-]. The van der Waals surface area contributed by atoms with Crippen LogP contribution in [-0.2, 0) is 0 Å². The molecule has 0 saturated carbocycles. The molecule has 0 aliphatic carbocycles. The number of hydrogen-bond acceptors (Lipinski definition) is 0. The fraction of sp³-hybridized carbons (Fsp3) is 0.250. The number of halogens is 1. The van der Waals surface area contributed by atoms with E-state index in [2.05, 4.69) is 37.0 Å². The molecule has 0 bridgehead atoms. The second-order valence-electron chi connectivity index (χ2n) is 3.26. The van der Waals surface area contributed by atoms with Crippen molar-refractivity contribution in [2.24, 2.45) is 0 Å². The van der Waals surface area contributed by atoms with Crippen molar-refractivity contribution in [2.45, 2.75) is 19.9 Å². The zero-order chi connectivity index (χ0) is 9.52. The van der Waals surface area contributed by atoms with Crippen LogP contribution in [0.3, 0.4) is 0 Å². The summed E-state index contributed by atoms with van der Waals surface area (Å²) in [6.45, 7) is 4.24. The lowest BCUT2D eigenvalue weighted by Crippen LogP contribution is -3.00. The second kappa shape index (κ2) is 7.34. The maximum Gasteiger partial charge on any atom is 0.161 e. The Bertz CT molecular complexity index is 288. The maximum absolute atomic E-state index is 3.20. The Labute approximate surface area is 92.0 Å². The standard InChI is InChI=1S/C12H15N.ClH/c1-11(2)13-10-6-9-12-7-4-3-5-8-12;/h3-11H,1-2H3;1H/b9-6+,13-10?;. The highest BCUT2D eigenvalue weighted by atomic mass is 35.5. The summed E-state index contributed by atoms with van der Waals surface area (Å²) in [6.07, 6.45) is 6.07. The van der Waals surface area contributed by atoms with Crippen LogP contribution >= 0.6 is 0 Å². The molecule has 0 unspecified atom stereocenters. The summed E-state index contributed by atoms with van der Waals surface area (Å²) in [6, 6.07) is 10.8. The van der Waals surface area contributed by atoms with Gasteiger partial charge < -0.3 is 12.4 Å². The van der Waals surface area contributed by atoms with Gasteiger partial charge in [-0.05, 0) is 25.5 Å². The molecule has 1 rings (SSSR count). The van der Waals surface area contributed by atoms with Crippen LogP contribution in [0.15, 0.2) is 36.4 Å². The molecule has 0 aromatic heterocycles. The van der Waals surface area contributed by atoms with Crippen molar-refractivity contribution in [3.05, 3.63) is 42.0 Å². The highest BCUT2D eigenvalue weighted by Gasteiger charge is 1.87. The largest absolute Gasteiger partial charge is 1.00 e. The lowest BCUT2D eigenvalue weighted by Gasteiger charge is -1.88. The van der Waals surface area contributed by atoms with Crippen molar-refractivity contribution >= 4 is 12.3 Å². The fourth-order valence-electron chi connectivity index (χ4n) is 0.971. The number of rotatable bonds is 3. The molecular formula is C12H16ClN. The molecular weight excluding hydrogens is 194 g/mol. The smallest absolute Gasteiger partial charge is 0.161 e. The van der Waals surface area contributed by atoms with E-state index in [1.807, 2.05) is 30.5 Å². The maximum atomic E-state index is 3.20. The zero-order valence-corrected chi connectivity index (χ0v) is 9.33. The molecule has 0 saturated heterocycles. The molecule has 2 heteroatoms. The van der Waals surface area contributed by atoms with Gasteiger partial charge in [0.25, 0.3) is 0 Å². The minimum absolute atomic E-state index is 0. The molecule has 0 heterocycles. The number of nitrogens with one attached hydrogen (secondary N) is 1. The molecule has 0 atom stereocenters. The van der Waals surface area contributed by atoms with Gasteiger partial charge >= 0.3 is 0 Å². The molecule has 1 aromatic carbocycles. The Morgan fingerprint density at radius 1 is 1.14 bits per heavy atom. The van der Waals surface area contributed by atoms with Gasteiger partial charge in [0.05, 0.1) is 0 Å². The summed E-state index contributed by atoms with van der Waals surface area (Å²) >= 11 is 0. The quantitative estimate of drug-likeness (QED) is 0.569. The molecule has 1 aromatic rings. The first-order chi connectivity index (χ1) is 6.29. The molecule has 0 aliphatic heterocycles. The van der Waals surface area contributed by atoms with Gasteiger partial charge in [-0.25, -0.2) is 4.99 Å². The summed E-state index contributed by atoms with van der Waals surface area (Å²) in [4.78, 5) is 3.20. The third-order valence-corrected chi connectivity index (χ3v) is 1.61. The molecule has 76 valence electrons. The van der Waals surface area contributed by atoms with E-state index >= 15 is 0 Å². The van der Waals surface area contributed by atoms with Gasteiger partial charge in [-0.2, -0.15) is 0 Å². The van der Waals surface area contributed by atoms with Gasteiger partial charge in [-0.3, -0.25) is 0 Å². The van der Waals surface area contributed by atoms with Crippen LogP contribution in [0.4, 0.5) is 0 Å². The van der Waals surface area contributed by atoms with Gasteiger partial charge in [-0.15, -0.1) is 0 Å². The minimum Gasteiger partial charge on any atom is -1.00 e. The van der Waals surface area contributed by atoms with Crippen LogP contribution in [0.2, 0.25) is 0 Å². The lowest BCUT2D eigenvalue weighted by atomic mass is 10.2. The molecule has 0 amide bonds. The first-order valence-corrected chi connectivity index (χ1v) is 4.60. The Morgan fingerprint density at radius 2 is 1.79 bits per heavy atom. The molecule has 1 nitrogen and oxygen atoms in total. The van der Waals surface area contributed by atoms with Gasteiger partial charge in [-0.1, -0.05) is 30.3 Å². The predicted octanol–water partition coefficient (Wildman–Crippen LogP) is -1.74. The van der Waals surface area contributed by atoms with Gasteiger partial charge in [0.2, 0.25) is 0 Å². The van der Waals surface area contributed by atoms with Crippen LogP contribution in [-0.4, -0.2) is 12.3 Å². The highest BCUT2D eigenvalue weighted by Crippen LogP contribution is 1.99. The first-order valence-electron chi connectivity index (χ1n) is 4.60. The number of allylic oxidation sites excluding steroid dienone is 1. The summed E-state index contributed by atoms with van der Waals surface area (Å²) in [5.74, 6) is 0. The molecule has 0 aliphatic rings. The van der Waals surface area contributed by atoms with E-state index in [9.17, 15) is 0 Å². The van der Waals surface area contributed by atoms with E-state index in [0.29, 0.717) is 6.04 Å². The second-order valence-corrected chi connectivity index (χ2v) is 3.26. The topological polar surface area (TPSA) is 14.0 Å². The van der Waals surface area contributed by atoms with Crippen molar-refractivity contribution in [3.63, 3.8) is 0 Å². The van der Waals surface area contributed by atoms with E-state index in [-0.39, 0.29) is 12.4 Å². The van der Waals surface area contributed by atoms with E-state index in [4.69, 9.17) is 0 Å². The number of hydrogen-bond donors (Lipinski definition) is 1. The Kier molecular flexibility index (Phi) is 6.77. The summed E-state index contributed by atoms with van der Waals surface area (Å²) in [5, 5.41) is 0. The Balaban J connectivity index is 0.00000169. The Morgan fingerprint density at radius 3 is 2.36 bits per heavy atom. The van der Waals surface area contributed by atoms with E-state index in [1.54, 1.807) is 0 Å². The van der Waals surface area contributed by atoms with Crippen LogP contribution < -0.4 is 17.4 Å². The third kappa shape index (κ3) is 5.55. The van der Waals surface area contributed by atoms with Crippen molar-refractivity contribution in [3.8, 4) is 0 Å². The van der Waals surface area contributed by atoms with Crippen molar-refractivity contribution in [2.75, 3.05) is 0 Å². The number of benzene rings is 1. The van der Waals surface area contributed by atoms with Crippen molar-refractivity contribution < 1.29 is 17.4 Å². The fourth-order valence-corrected chi connectivity index (χ4v) is 0.971. The molecule has 0 fully saturated rings. The normalized spacial score (nSPS) is 11.1. The van der Waals surface area contributed by atoms with Crippen LogP contribution in [0.1, 0.15) is 19.4 Å². The van der Waals surface area contributed by atoms with Gasteiger partial charge in [0.1, 0.15) is 6.04 Å². The van der Waals surface area contributed by atoms with Crippen LogP contribution in [0, 0.1) is 0 Å². The van der Waals surface area contributed by atoms with Crippen molar-refractivity contribution in [1.29, 1.82) is 0 Å². The average Bonchev–Trinajstić information content (AvgIpc) is 2.14. The van der Waals surface area contributed by atoms with E-state index in [1.165, 1.54) is 5.56 Å². The average molecular weight is 210 g/mol. The Hall–Kier alpha value is -1.08. The molecule has 0 radical (unpaired) electrons. The van der Waals surface area contributed by atoms with Crippen molar-refractivity contribution in [1.82, 2.24) is 0 Å². The first kappa shape index (κ1) is 12.9. The van der Waals surface area contributed by atoms with Crippen LogP contribution in [0.25, 0.3) is 6.08 Å². The predicted molar refractivity (Wildman–Crippen MR) is 57.6 cm³/mol. The van der Waals surface area contributed by atoms with Gasteiger partial charge in [0, 0.05) is 6.08 Å². The summed E-state index contributed by atoms with van der Waals surface area (Å²) in [7, 11) is 0. The monoisotopic (exact) mass is 209 g/mol. The molecule has 1 N–H and O–H groups in total. The zero-order valence-electron chi connectivity index (χ0n) is 8.57. The van der Waals surface area contributed by atoms with E-state index in [0.717, 1.165) is 0 Å². The molecule has 14 heavy (non-hydrogen) atoms. The third-order valence-electron chi connectivity index (χ3n) is 1.61. The highest BCUT2D eigenvalue weighted by molar-refractivity contribution is 5.74. The summed E-state index contributed by atoms with van der Waals surface area (Å²) < 4.78 is 0. The molecule has 0 spiro atoms. The lowest BCUT2D eigenvalue weighted by molar-refractivity contribution is -0.487. The summed E-state index contributed by atoms with van der Waals surface area (Å²) in [5.41, 5.74) is 1.23. The van der Waals surface area contributed by atoms with Gasteiger partial charge in [0.15, 0.2) is 6.21 Å². The minimum atomic E-state index is 0.